The molecule has 0 aromatic carbocycles. The van der Waals surface area contributed by atoms with Gasteiger partial charge in [-0.2, -0.15) is 0 Å². The lowest BCUT2D eigenvalue weighted by Crippen LogP contribution is -2.54. The number of hydrogen-bond donors (Lipinski definition) is 1. The average Bonchev–Trinajstić information content (AvgIpc) is 2.99. The van der Waals surface area contributed by atoms with Gasteiger partial charge in [-0.05, 0) is 19.4 Å². The van der Waals surface area contributed by atoms with E-state index in [0.29, 0.717) is 18.0 Å². The third-order valence-electron chi connectivity index (χ3n) is 4.75. The highest BCUT2D eigenvalue weighted by molar-refractivity contribution is 7.20. The molecular weight excluding hydrogens is 366 g/mol. The van der Waals surface area contributed by atoms with Gasteiger partial charge in [0.05, 0.1) is 11.4 Å². The fourth-order valence-electron chi connectivity index (χ4n) is 3.20. The van der Waals surface area contributed by atoms with Gasteiger partial charge in [0.2, 0.25) is 11.8 Å². The van der Waals surface area contributed by atoms with E-state index in [-0.39, 0.29) is 30.8 Å². The lowest BCUT2D eigenvalue weighted by atomic mass is 10.1. The molecule has 0 radical (unpaired) electrons. The van der Waals surface area contributed by atoms with Crippen LogP contribution in [0, 0.1) is 13.8 Å². The summed E-state index contributed by atoms with van der Waals surface area (Å²) in [5.41, 5.74) is 1.73. The number of carbonyl (C=O) groups excluding carboxylic acids is 3. The summed E-state index contributed by atoms with van der Waals surface area (Å²) in [5.74, 6) is 0.157. The van der Waals surface area contributed by atoms with Gasteiger partial charge in [-0.1, -0.05) is 6.92 Å². The van der Waals surface area contributed by atoms with Gasteiger partial charge in [0, 0.05) is 37.6 Å². The predicted molar refractivity (Wildman–Crippen MR) is 103 cm³/mol. The molecule has 1 N–H and O–H groups in total. The van der Waals surface area contributed by atoms with E-state index in [0.717, 1.165) is 33.7 Å². The van der Waals surface area contributed by atoms with Crippen molar-refractivity contribution in [2.24, 2.45) is 0 Å². The molecule has 1 aliphatic heterocycles. The van der Waals surface area contributed by atoms with Crippen LogP contribution in [0.5, 0.6) is 0 Å². The Bertz CT molecular complexity index is 923. The molecule has 9 heteroatoms. The summed E-state index contributed by atoms with van der Waals surface area (Å²) in [7, 11) is 1.53. The number of amides is 3. The molecule has 3 amide bonds. The summed E-state index contributed by atoms with van der Waals surface area (Å²) in [5, 5.41) is 3.43. The molecule has 3 heterocycles. The maximum absolute atomic E-state index is 13.0. The zero-order valence-electron chi connectivity index (χ0n) is 16.0. The van der Waals surface area contributed by atoms with Gasteiger partial charge < -0.3 is 15.1 Å². The number of nitrogens with zero attached hydrogens (tertiary/aromatic N) is 4. The van der Waals surface area contributed by atoms with E-state index in [1.165, 1.54) is 23.3 Å². The Hall–Kier alpha value is -2.55. The number of aryl methyl sites for hydroxylation is 3. The SMILES string of the molecule is CCc1nc(C)c2c(C)c(C(=O)N3CCN(CC(=O)NC)C(=O)C3)sc2n1. The molecule has 144 valence electrons. The second kappa shape index (κ2) is 7.59. The molecule has 0 aliphatic carbocycles. The van der Waals surface area contributed by atoms with E-state index in [1.54, 1.807) is 4.90 Å². The van der Waals surface area contributed by atoms with Crippen LogP contribution < -0.4 is 5.32 Å². The van der Waals surface area contributed by atoms with E-state index in [9.17, 15) is 14.4 Å². The predicted octanol–water partition coefficient (Wildman–Crippen LogP) is 0.901. The minimum absolute atomic E-state index is 0.0195. The van der Waals surface area contributed by atoms with Gasteiger partial charge in [0.25, 0.3) is 5.91 Å². The molecule has 0 spiro atoms. The van der Waals surface area contributed by atoms with Crippen molar-refractivity contribution in [1.29, 1.82) is 0 Å². The molecule has 3 rings (SSSR count). The van der Waals surface area contributed by atoms with Crippen LogP contribution >= 0.6 is 11.3 Å². The number of thiophene rings is 1. The standard InChI is InChI=1S/C18H23N5O3S/c1-5-12-20-11(3)15-10(2)16(27-17(15)21-12)18(26)23-7-6-22(14(25)9-23)8-13(24)19-4/h5-9H2,1-4H3,(H,19,24). The number of piperazine rings is 1. The number of hydrogen-bond acceptors (Lipinski definition) is 6. The van der Waals surface area contributed by atoms with Crippen molar-refractivity contribution in [2.45, 2.75) is 27.2 Å². The largest absolute Gasteiger partial charge is 0.358 e. The highest BCUT2D eigenvalue weighted by atomic mass is 32.1. The zero-order valence-corrected chi connectivity index (χ0v) is 16.8. The first kappa shape index (κ1) is 19.2. The smallest absolute Gasteiger partial charge is 0.264 e. The molecule has 1 fully saturated rings. The van der Waals surface area contributed by atoms with Crippen molar-refractivity contribution >= 4 is 39.3 Å². The van der Waals surface area contributed by atoms with Gasteiger partial charge in [-0.3, -0.25) is 14.4 Å². The Balaban J connectivity index is 1.83. The zero-order chi connectivity index (χ0) is 19.7. The van der Waals surface area contributed by atoms with Crippen molar-refractivity contribution in [3.63, 3.8) is 0 Å². The minimum Gasteiger partial charge on any atom is -0.358 e. The number of nitrogens with one attached hydrogen (secondary N) is 1. The third kappa shape index (κ3) is 3.64. The van der Waals surface area contributed by atoms with E-state index in [2.05, 4.69) is 15.3 Å². The Morgan fingerprint density at radius 3 is 2.59 bits per heavy atom. The van der Waals surface area contributed by atoms with E-state index in [4.69, 9.17) is 0 Å². The van der Waals surface area contributed by atoms with Gasteiger partial charge in [0.15, 0.2) is 0 Å². The number of rotatable bonds is 4. The first-order chi connectivity index (χ1) is 12.8. The molecule has 1 aliphatic rings. The van der Waals surface area contributed by atoms with Crippen molar-refractivity contribution in [3.8, 4) is 0 Å². The van der Waals surface area contributed by atoms with E-state index >= 15 is 0 Å². The van der Waals surface area contributed by atoms with Crippen LogP contribution in [0.3, 0.4) is 0 Å². The lowest BCUT2D eigenvalue weighted by molar-refractivity contribution is -0.139. The molecule has 2 aromatic heterocycles. The maximum Gasteiger partial charge on any atom is 0.264 e. The van der Waals surface area contributed by atoms with Crippen molar-refractivity contribution in [1.82, 2.24) is 25.1 Å². The molecular formula is C18H23N5O3S. The Morgan fingerprint density at radius 2 is 1.96 bits per heavy atom. The van der Waals surface area contributed by atoms with Crippen LogP contribution in [0.15, 0.2) is 0 Å². The summed E-state index contributed by atoms with van der Waals surface area (Å²) < 4.78 is 0. The normalized spacial score (nSPS) is 14.7. The molecule has 1 saturated heterocycles. The van der Waals surface area contributed by atoms with Crippen molar-refractivity contribution in [2.75, 3.05) is 33.2 Å². The number of aromatic nitrogens is 2. The minimum atomic E-state index is -0.221. The highest BCUT2D eigenvalue weighted by Crippen LogP contribution is 2.32. The summed E-state index contributed by atoms with van der Waals surface area (Å²) in [6, 6.07) is 0. The molecule has 8 nitrogen and oxygen atoms in total. The van der Waals surface area contributed by atoms with Crippen LogP contribution in [0.2, 0.25) is 0 Å². The first-order valence-electron chi connectivity index (χ1n) is 8.89. The summed E-state index contributed by atoms with van der Waals surface area (Å²) in [6.45, 7) is 6.58. The summed E-state index contributed by atoms with van der Waals surface area (Å²) in [6.07, 6.45) is 0.735. The molecule has 0 unspecified atom stereocenters. The quantitative estimate of drug-likeness (QED) is 0.838. The van der Waals surface area contributed by atoms with Gasteiger partial charge in [-0.25, -0.2) is 9.97 Å². The highest BCUT2D eigenvalue weighted by Gasteiger charge is 2.30. The van der Waals surface area contributed by atoms with Gasteiger partial charge >= 0.3 is 0 Å². The Labute approximate surface area is 161 Å². The average molecular weight is 389 g/mol. The second-order valence-corrected chi connectivity index (χ2v) is 7.53. The molecule has 2 aromatic rings. The van der Waals surface area contributed by atoms with Crippen LogP contribution in [0.1, 0.15) is 33.7 Å². The van der Waals surface area contributed by atoms with Crippen LogP contribution in [-0.4, -0.2) is 70.7 Å². The summed E-state index contributed by atoms with van der Waals surface area (Å²) in [4.78, 5) is 50.3. The first-order valence-corrected chi connectivity index (χ1v) is 9.71. The van der Waals surface area contributed by atoms with Crippen LogP contribution in [0.4, 0.5) is 0 Å². The Kier molecular flexibility index (Phi) is 5.41. The van der Waals surface area contributed by atoms with Crippen LogP contribution in [-0.2, 0) is 16.0 Å². The fraction of sp³-hybridized carbons (Fsp3) is 0.500. The maximum atomic E-state index is 13.0. The topological polar surface area (TPSA) is 95.5 Å². The third-order valence-corrected chi connectivity index (χ3v) is 5.92. The van der Waals surface area contributed by atoms with E-state index in [1.807, 2.05) is 20.8 Å². The van der Waals surface area contributed by atoms with E-state index < -0.39 is 0 Å². The lowest BCUT2D eigenvalue weighted by Gasteiger charge is -2.33. The fourth-order valence-corrected chi connectivity index (χ4v) is 4.42. The van der Waals surface area contributed by atoms with Gasteiger partial charge in [-0.15, -0.1) is 11.3 Å². The Morgan fingerprint density at radius 1 is 1.22 bits per heavy atom. The number of likely N-dealkylation sites (N-methyl/N-ethyl adjacent to an activating group) is 1. The molecule has 0 saturated carbocycles. The van der Waals surface area contributed by atoms with Gasteiger partial charge in [0.1, 0.15) is 17.2 Å². The number of fused-ring (bicyclic) bond motifs is 1. The molecule has 27 heavy (non-hydrogen) atoms. The monoisotopic (exact) mass is 389 g/mol. The van der Waals surface area contributed by atoms with Crippen LogP contribution in [0.25, 0.3) is 10.2 Å². The second-order valence-electron chi connectivity index (χ2n) is 6.53. The van der Waals surface area contributed by atoms with Crippen molar-refractivity contribution in [3.05, 3.63) is 22.0 Å². The molecule has 0 bridgehead atoms. The van der Waals surface area contributed by atoms with Crippen molar-refractivity contribution < 1.29 is 14.4 Å². The molecule has 0 atom stereocenters. The summed E-state index contributed by atoms with van der Waals surface area (Å²) >= 11 is 1.35. The number of carbonyl (C=O) groups is 3.